The highest BCUT2D eigenvalue weighted by Crippen LogP contribution is 2.31. The Kier molecular flexibility index (Phi) is 5.08. The second-order valence-electron chi connectivity index (χ2n) is 3.84. The first kappa shape index (κ1) is 15.2. The number of nitrogens with zero attached hydrogens (tertiary/aromatic N) is 1. The SMILES string of the molecule is COC(C)CNc1c(Cl)cc([N+](=O)[O-])cc1C(=O)O. The van der Waals surface area contributed by atoms with Crippen LogP contribution in [0, 0.1) is 10.1 Å². The minimum atomic E-state index is -1.29. The second kappa shape index (κ2) is 6.35. The molecule has 104 valence electrons. The number of ether oxygens (including phenoxy) is 1. The van der Waals surface area contributed by atoms with Crippen molar-refractivity contribution in [1.29, 1.82) is 0 Å². The molecule has 2 N–H and O–H groups in total. The minimum Gasteiger partial charge on any atom is -0.478 e. The van der Waals surface area contributed by atoms with Crippen LogP contribution < -0.4 is 5.32 Å². The van der Waals surface area contributed by atoms with Gasteiger partial charge in [0.15, 0.2) is 0 Å². The molecule has 8 heteroatoms. The molecule has 1 aromatic carbocycles. The Balaban J connectivity index is 3.15. The lowest BCUT2D eigenvalue weighted by Gasteiger charge is -2.14. The average Bonchev–Trinajstić information content (AvgIpc) is 2.35. The fourth-order valence-corrected chi connectivity index (χ4v) is 1.66. The topological polar surface area (TPSA) is 102 Å². The van der Waals surface area contributed by atoms with Crippen molar-refractivity contribution in [2.75, 3.05) is 19.0 Å². The molecule has 0 bridgehead atoms. The molecule has 0 radical (unpaired) electrons. The molecule has 0 aliphatic carbocycles. The van der Waals surface area contributed by atoms with Crippen molar-refractivity contribution in [2.24, 2.45) is 0 Å². The van der Waals surface area contributed by atoms with Crippen molar-refractivity contribution < 1.29 is 19.6 Å². The van der Waals surface area contributed by atoms with Gasteiger partial charge in [0.2, 0.25) is 0 Å². The van der Waals surface area contributed by atoms with E-state index in [9.17, 15) is 14.9 Å². The number of non-ortho nitro benzene ring substituents is 1. The number of carboxylic acid groups (broad SMARTS) is 1. The van der Waals surface area contributed by atoms with Gasteiger partial charge in [-0.2, -0.15) is 0 Å². The second-order valence-corrected chi connectivity index (χ2v) is 4.25. The quantitative estimate of drug-likeness (QED) is 0.615. The number of nitro benzene ring substituents is 1. The number of halogens is 1. The first-order valence-electron chi connectivity index (χ1n) is 5.34. The minimum absolute atomic E-state index is 0.0186. The third-order valence-electron chi connectivity index (χ3n) is 2.48. The van der Waals surface area contributed by atoms with Gasteiger partial charge in [0.05, 0.1) is 27.3 Å². The van der Waals surface area contributed by atoms with Gasteiger partial charge in [0.1, 0.15) is 0 Å². The van der Waals surface area contributed by atoms with E-state index in [2.05, 4.69) is 5.32 Å². The molecule has 1 atom stereocenters. The summed E-state index contributed by atoms with van der Waals surface area (Å²) >= 11 is 5.88. The fourth-order valence-electron chi connectivity index (χ4n) is 1.38. The van der Waals surface area contributed by atoms with E-state index in [0.717, 1.165) is 12.1 Å². The molecule has 0 saturated heterocycles. The molecule has 0 aromatic heterocycles. The zero-order valence-electron chi connectivity index (χ0n) is 10.3. The maximum atomic E-state index is 11.1. The fraction of sp³-hybridized carbons (Fsp3) is 0.364. The number of carboxylic acids is 1. The van der Waals surface area contributed by atoms with Gasteiger partial charge in [-0.25, -0.2) is 4.79 Å². The summed E-state index contributed by atoms with van der Waals surface area (Å²) in [5.41, 5.74) is -0.473. The molecule has 0 heterocycles. The first-order chi connectivity index (χ1) is 8.86. The molecule has 1 aromatic rings. The summed E-state index contributed by atoms with van der Waals surface area (Å²) in [6.45, 7) is 2.11. The van der Waals surface area contributed by atoms with Gasteiger partial charge < -0.3 is 15.2 Å². The van der Waals surface area contributed by atoms with E-state index in [1.54, 1.807) is 6.92 Å². The number of nitro groups is 1. The maximum Gasteiger partial charge on any atom is 0.338 e. The molecule has 19 heavy (non-hydrogen) atoms. The summed E-state index contributed by atoms with van der Waals surface area (Å²) in [7, 11) is 1.52. The van der Waals surface area contributed by atoms with Gasteiger partial charge in [0, 0.05) is 25.8 Å². The van der Waals surface area contributed by atoms with Crippen LogP contribution in [0.3, 0.4) is 0 Å². The van der Waals surface area contributed by atoms with Gasteiger partial charge in [-0.15, -0.1) is 0 Å². The van der Waals surface area contributed by atoms with Crippen molar-refractivity contribution in [3.05, 3.63) is 32.8 Å². The maximum absolute atomic E-state index is 11.1. The Bertz CT molecular complexity index is 506. The van der Waals surface area contributed by atoms with E-state index >= 15 is 0 Å². The van der Waals surface area contributed by atoms with Gasteiger partial charge in [-0.3, -0.25) is 10.1 Å². The number of hydrogen-bond donors (Lipinski definition) is 2. The van der Waals surface area contributed by atoms with Crippen LogP contribution in [0.5, 0.6) is 0 Å². The van der Waals surface area contributed by atoms with Crippen LogP contribution >= 0.6 is 11.6 Å². The lowest BCUT2D eigenvalue weighted by atomic mass is 10.1. The smallest absolute Gasteiger partial charge is 0.338 e. The number of hydrogen-bond acceptors (Lipinski definition) is 5. The van der Waals surface area contributed by atoms with Crippen molar-refractivity contribution in [2.45, 2.75) is 13.0 Å². The Morgan fingerprint density at radius 3 is 2.74 bits per heavy atom. The van der Waals surface area contributed by atoms with E-state index in [-0.39, 0.29) is 28.1 Å². The number of benzene rings is 1. The number of rotatable bonds is 6. The van der Waals surface area contributed by atoms with E-state index in [4.69, 9.17) is 21.4 Å². The molecule has 0 spiro atoms. The number of anilines is 1. The highest BCUT2D eigenvalue weighted by Gasteiger charge is 2.20. The van der Waals surface area contributed by atoms with Crippen molar-refractivity contribution in [3.8, 4) is 0 Å². The molecular formula is C11H13ClN2O5. The summed E-state index contributed by atoms with van der Waals surface area (Å²) in [5.74, 6) is -1.29. The van der Waals surface area contributed by atoms with Crippen LogP contribution in [0.4, 0.5) is 11.4 Å². The third-order valence-corrected chi connectivity index (χ3v) is 2.78. The van der Waals surface area contributed by atoms with E-state index in [1.807, 2.05) is 0 Å². The largest absolute Gasteiger partial charge is 0.478 e. The molecule has 0 amide bonds. The average molecular weight is 289 g/mol. The van der Waals surface area contributed by atoms with E-state index in [0.29, 0.717) is 6.54 Å². The summed E-state index contributed by atoms with van der Waals surface area (Å²) in [5, 5.41) is 22.5. The van der Waals surface area contributed by atoms with Crippen molar-refractivity contribution in [3.63, 3.8) is 0 Å². The van der Waals surface area contributed by atoms with E-state index < -0.39 is 10.9 Å². The summed E-state index contributed by atoms with van der Waals surface area (Å²) < 4.78 is 5.01. The van der Waals surface area contributed by atoms with Crippen LogP contribution in [-0.4, -0.2) is 35.8 Å². The molecule has 7 nitrogen and oxygen atoms in total. The van der Waals surface area contributed by atoms with Crippen LogP contribution in [0.1, 0.15) is 17.3 Å². The number of methoxy groups -OCH3 is 1. The van der Waals surface area contributed by atoms with Crippen molar-refractivity contribution >= 4 is 28.9 Å². The monoisotopic (exact) mass is 288 g/mol. The zero-order valence-corrected chi connectivity index (χ0v) is 11.1. The predicted octanol–water partition coefficient (Wildman–Crippen LogP) is 2.39. The summed E-state index contributed by atoms with van der Waals surface area (Å²) in [6.07, 6.45) is -0.159. The lowest BCUT2D eigenvalue weighted by Crippen LogP contribution is -2.19. The van der Waals surface area contributed by atoms with Crippen molar-refractivity contribution in [1.82, 2.24) is 0 Å². The van der Waals surface area contributed by atoms with E-state index in [1.165, 1.54) is 7.11 Å². The highest BCUT2D eigenvalue weighted by atomic mass is 35.5. The number of nitrogens with one attached hydrogen (secondary N) is 1. The Labute approximate surface area is 114 Å². The Morgan fingerprint density at radius 2 is 2.26 bits per heavy atom. The summed E-state index contributed by atoms with van der Waals surface area (Å²) in [6, 6.07) is 2.07. The molecule has 0 aliphatic heterocycles. The third kappa shape index (κ3) is 3.80. The molecule has 1 rings (SSSR count). The number of carbonyl (C=O) groups is 1. The first-order valence-corrected chi connectivity index (χ1v) is 5.72. The molecule has 0 aliphatic rings. The van der Waals surface area contributed by atoms with Crippen LogP contribution in [0.25, 0.3) is 0 Å². The van der Waals surface area contributed by atoms with Gasteiger partial charge in [-0.1, -0.05) is 11.6 Å². The lowest BCUT2D eigenvalue weighted by molar-refractivity contribution is -0.384. The van der Waals surface area contributed by atoms with Crippen LogP contribution in [0.15, 0.2) is 12.1 Å². The van der Waals surface area contributed by atoms with Crippen LogP contribution in [-0.2, 0) is 4.74 Å². The predicted molar refractivity (Wildman–Crippen MR) is 70.0 cm³/mol. The van der Waals surface area contributed by atoms with Gasteiger partial charge in [0.25, 0.3) is 5.69 Å². The normalized spacial score (nSPS) is 11.9. The van der Waals surface area contributed by atoms with Gasteiger partial charge in [-0.05, 0) is 6.92 Å². The molecule has 1 unspecified atom stereocenters. The van der Waals surface area contributed by atoms with Crippen LogP contribution in [0.2, 0.25) is 5.02 Å². The Morgan fingerprint density at radius 1 is 1.63 bits per heavy atom. The highest BCUT2D eigenvalue weighted by molar-refractivity contribution is 6.34. The van der Waals surface area contributed by atoms with Gasteiger partial charge >= 0.3 is 5.97 Å². The molecule has 0 saturated carbocycles. The summed E-state index contributed by atoms with van der Waals surface area (Å²) in [4.78, 5) is 21.1. The number of aromatic carboxylic acids is 1. The zero-order chi connectivity index (χ0) is 14.6. The molecule has 0 fully saturated rings. The Hall–Kier alpha value is -1.86. The standard InChI is InChI=1S/C11H13ClN2O5/c1-6(19-2)5-13-10-8(11(15)16)3-7(14(17)18)4-9(10)12/h3-4,6,13H,5H2,1-2H3,(H,15,16). The molecular weight excluding hydrogens is 276 g/mol.